The number of nitrogens with zero attached hydrogens (tertiary/aromatic N) is 4. The zero-order chi connectivity index (χ0) is 27.9. The van der Waals surface area contributed by atoms with Crippen LogP contribution >= 0.6 is 0 Å². The van der Waals surface area contributed by atoms with E-state index in [1.165, 1.54) is 4.57 Å². The van der Waals surface area contributed by atoms with Gasteiger partial charge in [0.2, 0.25) is 0 Å². The highest BCUT2D eigenvalue weighted by Gasteiger charge is 2.18. The van der Waals surface area contributed by atoms with Gasteiger partial charge in [0.15, 0.2) is 5.49 Å². The Balaban J connectivity index is 1.53. The standard InChI is InChI=1S/C35H24N4O2/c1-23-18-32-30(21-31(23)37-33-22-36-33)34(40)39(29-17-9-15-27(20-29)25-12-6-3-7-13-25)35(41)38(32)28-16-8-14-26(19-28)24-10-4-2-5-11-24/h2-22H,1H3/b37-33+. The van der Waals surface area contributed by atoms with Crippen LogP contribution in [0, 0.1) is 6.92 Å². The molecule has 6 heteroatoms. The predicted molar refractivity (Wildman–Crippen MR) is 163 cm³/mol. The van der Waals surface area contributed by atoms with Crippen molar-refractivity contribution in [1.29, 1.82) is 0 Å². The normalized spacial score (nSPS) is 11.9. The van der Waals surface area contributed by atoms with Crippen molar-refractivity contribution < 1.29 is 0 Å². The molecule has 0 aliphatic rings. The van der Waals surface area contributed by atoms with Gasteiger partial charge in [-0.3, -0.25) is 9.36 Å². The minimum Gasteiger partial charge on any atom is -0.268 e. The molecule has 0 bridgehead atoms. The van der Waals surface area contributed by atoms with Gasteiger partial charge in [0.25, 0.3) is 5.56 Å². The van der Waals surface area contributed by atoms with E-state index < -0.39 is 11.2 Å². The van der Waals surface area contributed by atoms with Gasteiger partial charge >= 0.3 is 5.69 Å². The number of hydrogen-bond acceptors (Lipinski definition) is 4. The molecule has 0 N–H and O–H groups in total. The monoisotopic (exact) mass is 532 g/mol. The van der Waals surface area contributed by atoms with Gasteiger partial charge < -0.3 is 0 Å². The van der Waals surface area contributed by atoms with E-state index in [-0.39, 0.29) is 0 Å². The third kappa shape index (κ3) is 4.51. The summed E-state index contributed by atoms with van der Waals surface area (Å²) in [5.41, 5.74) is 6.88. The molecule has 0 spiro atoms. The van der Waals surface area contributed by atoms with Crippen molar-refractivity contribution in [1.82, 2.24) is 14.1 Å². The zero-order valence-electron chi connectivity index (χ0n) is 22.2. The molecular formula is C35H24N4O2. The van der Waals surface area contributed by atoms with Crippen LogP contribution in [0.4, 0.5) is 5.69 Å². The van der Waals surface area contributed by atoms with Gasteiger partial charge in [0.1, 0.15) is 0 Å². The molecule has 2 aromatic heterocycles. The zero-order valence-corrected chi connectivity index (χ0v) is 22.2. The Kier molecular flexibility index (Phi) is 5.86. The first-order valence-corrected chi connectivity index (χ1v) is 13.3. The summed E-state index contributed by atoms with van der Waals surface area (Å²) in [6, 6.07) is 38.8. The lowest BCUT2D eigenvalue weighted by Gasteiger charge is -2.17. The van der Waals surface area contributed by atoms with E-state index in [4.69, 9.17) is 0 Å². The maximum absolute atomic E-state index is 14.4. The molecule has 2 heterocycles. The molecule has 0 amide bonds. The van der Waals surface area contributed by atoms with Crippen molar-refractivity contribution in [3.05, 3.63) is 159 Å². The third-order valence-electron chi connectivity index (χ3n) is 7.27. The molecule has 6 nitrogen and oxygen atoms in total. The first-order valence-electron chi connectivity index (χ1n) is 13.3. The molecular weight excluding hydrogens is 508 g/mol. The Morgan fingerprint density at radius 2 is 1.15 bits per heavy atom. The minimum absolute atomic E-state index is 0.394. The Hall–Kier alpha value is -5.62. The minimum atomic E-state index is -0.443. The van der Waals surface area contributed by atoms with E-state index in [2.05, 4.69) is 9.98 Å². The number of aromatic nitrogens is 3. The first kappa shape index (κ1) is 24.4. The second kappa shape index (κ2) is 9.84. The quantitative estimate of drug-likeness (QED) is 0.262. The summed E-state index contributed by atoms with van der Waals surface area (Å²) in [5.74, 6) is 0. The number of fused-ring (bicyclic) bond motifs is 1. The maximum atomic E-state index is 14.4. The van der Waals surface area contributed by atoms with Crippen LogP contribution in [-0.4, -0.2) is 14.1 Å². The maximum Gasteiger partial charge on any atom is 0.340 e. The van der Waals surface area contributed by atoms with Gasteiger partial charge in [-0.15, -0.1) is 0 Å². The Morgan fingerprint density at radius 1 is 0.610 bits per heavy atom. The molecule has 5 aromatic carbocycles. The lowest BCUT2D eigenvalue weighted by atomic mass is 10.0. The first-order chi connectivity index (χ1) is 20.1. The summed E-state index contributed by atoms with van der Waals surface area (Å²) in [7, 11) is 0. The van der Waals surface area contributed by atoms with Crippen LogP contribution in [0.15, 0.2) is 142 Å². The molecule has 7 aromatic rings. The van der Waals surface area contributed by atoms with Crippen LogP contribution in [0.1, 0.15) is 5.56 Å². The molecule has 0 unspecified atom stereocenters. The van der Waals surface area contributed by atoms with Crippen molar-refractivity contribution in [3.8, 4) is 33.6 Å². The Bertz CT molecular complexity index is 2190. The van der Waals surface area contributed by atoms with Crippen LogP contribution in [0.25, 0.3) is 44.5 Å². The van der Waals surface area contributed by atoms with E-state index in [0.29, 0.717) is 33.5 Å². The van der Waals surface area contributed by atoms with Gasteiger partial charge in [0, 0.05) is 0 Å². The molecule has 7 rings (SSSR count). The summed E-state index contributed by atoms with van der Waals surface area (Å²) in [6.07, 6.45) is 1.67. The lowest BCUT2D eigenvalue weighted by molar-refractivity contribution is 0.834. The molecule has 0 atom stereocenters. The van der Waals surface area contributed by atoms with E-state index >= 15 is 0 Å². The van der Waals surface area contributed by atoms with Gasteiger partial charge in [-0.2, -0.15) is 0 Å². The molecule has 196 valence electrons. The largest absolute Gasteiger partial charge is 0.340 e. The van der Waals surface area contributed by atoms with Gasteiger partial charge in [-0.1, -0.05) is 84.9 Å². The fraction of sp³-hybridized carbons (Fsp3) is 0.0286. The lowest BCUT2D eigenvalue weighted by Crippen LogP contribution is -2.38. The summed E-state index contributed by atoms with van der Waals surface area (Å²) in [5, 5.41) is 0.394. The SMILES string of the molecule is Cc1cc2c(cc1/N=c1\cn1)c(=O)n(-c1cccc(-c3ccccc3)c1)c(=O)n2-c1cccc(-c2ccccc2)c1. The number of benzene rings is 5. The van der Waals surface area contributed by atoms with Gasteiger partial charge in [-0.25, -0.2) is 19.3 Å². The average molecular weight is 533 g/mol. The fourth-order valence-corrected chi connectivity index (χ4v) is 5.17. The van der Waals surface area contributed by atoms with Crippen LogP contribution in [0.5, 0.6) is 0 Å². The molecule has 0 fully saturated rings. The molecule has 41 heavy (non-hydrogen) atoms. The Labute approximate surface area is 235 Å². The molecule has 0 aliphatic carbocycles. The number of hydrogen-bond donors (Lipinski definition) is 0. The smallest absolute Gasteiger partial charge is 0.268 e. The van der Waals surface area contributed by atoms with E-state index in [1.54, 1.807) is 22.9 Å². The van der Waals surface area contributed by atoms with E-state index in [0.717, 1.165) is 27.8 Å². The van der Waals surface area contributed by atoms with Crippen LogP contribution in [-0.2, 0) is 0 Å². The van der Waals surface area contributed by atoms with Crippen molar-refractivity contribution in [2.75, 3.05) is 0 Å². The average Bonchev–Trinajstić information content (AvgIpc) is 3.84. The molecule has 0 saturated heterocycles. The molecule has 0 saturated carbocycles. The summed E-state index contributed by atoms with van der Waals surface area (Å²) in [4.78, 5) is 37.1. The number of aryl methyl sites for hydroxylation is 1. The highest BCUT2D eigenvalue weighted by Crippen LogP contribution is 2.28. The highest BCUT2D eigenvalue weighted by atomic mass is 16.2. The Morgan fingerprint density at radius 3 is 1.71 bits per heavy atom. The second-order valence-electron chi connectivity index (χ2n) is 9.98. The van der Waals surface area contributed by atoms with Gasteiger partial charge in [-0.05, 0) is 71.1 Å². The van der Waals surface area contributed by atoms with Crippen molar-refractivity contribution >= 4 is 16.6 Å². The predicted octanol–water partition coefficient (Wildman–Crippen LogP) is 6.29. The van der Waals surface area contributed by atoms with Crippen LogP contribution < -0.4 is 16.7 Å². The molecule has 0 aliphatic heterocycles. The topological polar surface area (TPSA) is 69.2 Å². The summed E-state index contributed by atoms with van der Waals surface area (Å²) < 4.78 is 2.87. The van der Waals surface area contributed by atoms with Crippen LogP contribution in [0.3, 0.4) is 0 Å². The van der Waals surface area contributed by atoms with Gasteiger partial charge in [0.05, 0.1) is 34.2 Å². The fourth-order valence-electron chi connectivity index (χ4n) is 5.17. The molecule has 0 radical (unpaired) electrons. The van der Waals surface area contributed by atoms with Crippen LogP contribution in [0.2, 0.25) is 0 Å². The van der Waals surface area contributed by atoms with Crippen molar-refractivity contribution in [2.45, 2.75) is 6.92 Å². The third-order valence-corrected chi connectivity index (χ3v) is 7.27. The second-order valence-corrected chi connectivity index (χ2v) is 9.98. The van der Waals surface area contributed by atoms with E-state index in [1.807, 2.05) is 116 Å². The highest BCUT2D eigenvalue weighted by molar-refractivity contribution is 5.85. The van der Waals surface area contributed by atoms with Crippen molar-refractivity contribution in [2.24, 2.45) is 4.99 Å². The van der Waals surface area contributed by atoms with Crippen molar-refractivity contribution in [3.63, 3.8) is 0 Å². The summed E-state index contributed by atoms with van der Waals surface area (Å²) >= 11 is 0. The summed E-state index contributed by atoms with van der Waals surface area (Å²) in [6.45, 7) is 1.92. The number of rotatable bonds is 5. The van der Waals surface area contributed by atoms with E-state index in [9.17, 15) is 9.59 Å².